The molecule has 15 heavy (non-hydrogen) atoms. The number of imidazole rings is 1. The Bertz CT molecular complexity index is 531. The molecule has 2 rings (SSSR count). The van der Waals surface area contributed by atoms with E-state index in [1.807, 2.05) is 13.8 Å². The lowest BCUT2D eigenvalue weighted by Gasteiger charge is -2.01. The second-order valence-electron chi connectivity index (χ2n) is 3.31. The topological polar surface area (TPSA) is 67.5 Å². The van der Waals surface area contributed by atoms with Crippen LogP contribution in [0.25, 0.3) is 5.65 Å². The van der Waals surface area contributed by atoms with Crippen LogP contribution >= 0.6 is 0 Å². The maximum Gasteiger partial charge on any atom is 0.356 e. The largest absolute Gasteiger partial charge is 0.476 e. The zero-order chi connectivity index (χ0) is 11.0. The molecule has 1 N–H and O–H groups in total. The van der Waals surface area contributed by atoms with Crippen LogP contribution in [0, 0.1) is 6.92 Å². The van der Waals surface area contributed by atoms with Gasteiger partial charge in [0.25, 0.3) is 0 Å². The summed E-state index contributed by atoms with van der Waals surface area (Å²) in [5, 5.41) is 8.84. The van der Waals surface area contributed by atoms with Gasteiger partial charge < -0.3 is 5.11 Å². The molecule has 0 spiro atoms. The molecule has 2 aromatic rings. The first-order valence-electron chi connectivity index (χ1n) is 4.70. The van der Waals surface area contributed by atoms with Crippen molar-refractivity contribution in [3.8, 4) is 0 Å². The van der Waals surface area contributed by atoms with Gasteiger partial charge in [-0.2, -0.15) is 0 Å². The molecule has 0 aliphatic heterocycles. The summed E-state index contributed by atoms with van der Waals surface area (Å²) in [7, 11) is 0. The standard InChI is InChI=1S/C10H11N3O2/c1-3-7-4-11-6(2)13-5-8(10(14)15)12-9(7)13/h4-5H,3H2,1-2H3,(H,14,15). The number of hydrogen-bond acceptors (Lipinski definition) is 3. The maximum absolute atomic E-state index is 10.8. The molecule has 0 aromatic carbocycles. The number of hydrogen-bond donors (Lipinski definition) is 1. The summed E-state index contributed by atoms with van der Waals surface area (Å²) in [6.07, 6.45) is 4.02. The van der Waals surface area contributed by atoms with Crippen LogP contribution in [0.4, 0.5) is 0 Å². The quantitative estimate of drug-likeness (QED) is 0.802. The Morgan fingerprint density at radius 3 is 2.93 bits per heavy atom. The molecular formula is C10H11N3O2. The van der Waals surface area contributed by atoms with Gasteiger partial charge in [-0.05, 0) is 13.3 Å². The predicted octanol–water partition coefficient (Wildman–Crippen LogP) is 1.30. The molecule has 0 amide bonds. The van der Waals surface area contributed by atoms with E-state index in [1.165, 1.54) is 6.20 Å². The third-order valence-corrected chi connectivity index (χ3v) is 2.35. The summed E-state index contributed by atoms with van der Waals surface area (Å²) in [5.74, 6) is -0.276. The molecule has 5 heteroatoms. The minimum absolute atomic E-state index is 0.0563. The molecule has 0 fully saturated rings. The SMILES string of the molecule is CCc1cnc(C)n2cc(C(=O)O)nc12. The Kier molecular flexibility index (Phi) is 2.15. The second-order valence-corrected chi connectivity index (χ2v) is 3.31. The Labute approximate surface area is 86.4 Å². The van der Waals surface area contributed by atoms with Crippen LogP contribution in [0.15, 0.2) is 12.4 Å². The molecule has 0 unspecified atom stereocenters. The summed E-state index contributed by atoms with van der Waals surface area (Å²) in [6.45, 7) is 3.81. The minimum Gasteiger partial charge on any atom is -0.476 e. The number of aromatic nitrogens is 3. The molecule has 2 aromatic heterocycles. The first-order chi connectivity index (χ1) is 7.13. The molecular weight excluding hydrogens is 194 g/mol. The monoisotopic (exact) mass is 205 g/mol. The van der Waals surface area contributed by atoms with E-state index in [0.717, 1.165) is 17.8 Å². The van der Waals surface area contributed by atoms with Crippen molar-refractivity contribution in [2.75, 3.05) is 0 Å². The van der Waals surface area contributed by atoms with E-state index in [2.05, 4.69) is 9.97 Å². The van der Waals surface area contributed by atoms with Crippen LogP contribution in [0.3, 0.4) is 0 Å². The number of carbonyl (C=O) groups is 1. The number of rotatable bonds is 2. The van der Waals surface area contributed by atoms with Gasteiger partial charge in [-0.3, -0.25) is 4.40 Å². The van der Waals surface area contributed by atoms with Gasteiger partial charge in [-0.15, -0.1) is 0 Å². The van der Waals surface area contributed by atoms with E-state index in [9.17, 15) is 4.79 Å². The average molecular weight is 205 g/mol. The van der Waals surface area contributed by atoms with Gasteiger partial charge >= 0.3 is 5.97 Å². The first kappa shape index (κ1) is 9.64. The number of nitrogens with zero attached hydrogens (tertiary/aromatic N) is 3. The third-order valence-electron chi connectivity index (χ3n) is 2.35. The summed E-state index contributed by atoms with van der Waals surface area (Å²) in [5.41, 5.74) is 1.69. The highest BCUT2D eigenvalue weighted by Crippen LogP contribution is 2.12. The normalized spacial score (nSPS) is 10.8. The van der Waals surface area contributed by atoms with Gasteiger partial charge in [0.1, 0.15) is 11.5 Å². The van der Waals surface area contributed by atoms with E-state index < -0.39 is 5.97 Å². The van der Waals surface area contributed by atoms with Crippen molar-refractivity contribution in [2.45, 2.75) is 20.3 Å². The zero-order valence-electron chi connectivity index (χ0n) is 8.56. The fourth-order valence-corrected chi connectivity index (χ4v) is 1.50. The highest BCUT2D eigenvalue weighted by molar-refractivity contribution is 5.86. The number of aromatic carboxylic acids is 1. The summed E-state index contributed by atoms with van der Waals surface area (Å²) in [6, 6.07) is 0. The van der Waals surface area contributed by atoms with Crippen molar-refractivity contribution < 1.29 is 9.90 Å². The number of carboxylic acid groups (broad SMARTS) is 1. The molecule has 0 atom stereocenters. The van der Waals surface area contributed by atoms with Crippen molar-refractivity contribution in [3.63, 3.8) is 0 Å². The van der Waals surface area contributed by atoms with E-state index in [0.29, 0.717) is 5.65 Å². The lowest BCUT2D eigenvalue weighted by Crippen LogP contribution is -1.97. The number of fused-ring (bicyclic) bond motifs is 1. The van der Waals surface area contributed by atoms with Crippen molar-refractivity contribution in [3.05, 3.63) is 29.5 Å². The fraction of sp³-hybridized carbons (Fsp3) is 0.300. The second kappa shape index (κ2) is 3.34. The van der Waals surface area contributed by atoms with E-state index >= 15 is 0 Å². The zero-order valence-corrected chi connectivity index (χ0v) is 8.56. The molecule has 5 nitrogen and oxygen atoms in total. The van der Waals surface area contributed by atoms with Crippen molar-refractivity contribution in [1.82, 2.24) is 14.4 Å². The predicted molar refractivity (Wildman–Crippen MR) is 54.1 cm³/mol. The van der Waals surface area contributed by atoms with Crippen molar-refractivity contribution in [1.29, 1.82) is 0 Å². The Balaban J connectivity index is 2.77. The number of aryl methyl sites for hydroxylation is 2. The van der Waals surface area contributed by atoms with E-state index in [1.54, 1.807) is 10.6 Å². The van der Waals surface area contributed by atoms with Gasteiger partial charge in [0.15, 0.2) is 5.69 Å². The lowest BCUT2D eigenvalue weighted by molar-refractivity contribution is 0.0691. The first-order valence-corrected chi connectivity index (χ1v) is 4.70. The Morgan fingerprint density at radius 1 is 1.60 bits per heavy atom. The molecule has 0 saturated carbocycles. The van der Waals surface area contributed by atoms with Crippen LogP contribution in [-0.2, 0) is 6.42 Å². The molecule has 0 radical (unpaired) electrons. The Morgan fingerprint density at radius 2 is 2.33 bits per heavy atom. The summed E-state index contributed by atoms with van der Waals surface area (Å²) in [4.78, 5) is 19.0. The molecule has 0 bridgehead atoms. The lowest BCUT2D eigenvalue weighted by atomic mass is 10.2. The highest BCUT2D eigenvalue weighted by atomic mass is 16.4. The third kappa shape index (κ3) is 1.45. The molecule has 0 aliphatic rings. The van der Waals surface area contributed by atoms with Crippen LogP contribution in [0.1, 0.15) is 28.8 Å². The van der Waals surface area contributed by atoms with Gasteiger partial charge in [0.05, 0.1) is 0 Å². The van der Waals surface area contributed by atoms with Crippen LogP contribution in [-0.4, -0.2) is 25.4 Å². The molecule has 0 saturated heterocycles. The summed E-state index contributed by atoms with van der Waals surface area (Å²) < 4.78 is 1.71. The smallest absolute Gasteiger partial charge is 0.356 e. The molecule has 0 aliphatic carbocycles. The van der Waals surface area contributed by atoms with Crippen LogP contribution in [0.5, 0.6) is 0 Å². The maximum atomic E-state index is 10.8. The average Bonchev–Trinajstić information content (AvgIpc) is 2.64. The van der Waals surface area contributed by atoms with Crippen molar-refractivity contribution >= 4 is 11.6 Å². The van der Waals surface area contributed by atoms with Crippen LogP contribution in [0.2, 0.25) is 0 Å². The van der Waals surface area contributed by atoms with Gasteiger partial charge in [-0.25, -0.2) is 14.8 Å². The highest BCUT2D eigenvalue weighted by Gasteiger charge is 2.12. The van der Waals surface area contributed by atoms with Crippen LogP contribution < -0.4 is 0 Å². The van der Waals surface area contributed by atoms with Gasteiger partial charge in [0, 0.05) is 18.0 Å². The summed E-state index contributed by atoms with van der Waals surface area (Å²) >= 11 is 0. The van der Waals surface area contributed by atoms with E-state index in [4.69, 9.17) is 5.11 Å². The molecule has 2 heterocycles. The fourth-order valence-electron chi connectivity index (χ4n) is 1.50. The molecule has 78 valence electrons. The van der Waals surface area contributed by atoms with Gasteiger partial charge in [0.2, 0.25) is 0 Å². The van der Waals surface area contributed by atoms with Gasteiger partial charge in [-0.1, -0.05) is 6.92 Å². The number of carboxylic acids is 1. The minimum atomic E-state index is -1.01. The van der Waals surface area contributed by atoms with E-state index in [-0.39, 0.29) is 5.69 Å². The Hall–Kier alpha value is -1.91. The van der Waals surface area contributed by atoms with Crippen molar-refractivity contribution in [2.24, 2.45) is 0 Å².